The number of carbonyl (C=O) groups is 3. The highest BCUT2D eigenvalue weighted by Crippen LogP contribution is 2.34. The molecule has 0 bridgehead atoms. The number of benzene rings is 1. The molecule has 0 aromatic heterocycles. The van der Waals surface area contributed by atoms with Crippen molar-refractivity contribution in [2.24, 2.45) is 5.92 Å². The summed E-state index contributed by atoms with van der Waals surface area (Å²) in [6.07, 6.45) is 9.64. The zero-order valence-corrected chi connectivity index (χ0v) is 22.5. The molecule has 36 heavy (non-hydrogen) atoms. The summed E-state index contributed by atoms with van der Waals surface area (Å²) in [5, 5.41) is 3.62. The van der Waals surface area contributed by atoms with Crippen LogP contribution >= 0.6 is 11.6 Å². The average Bonchev–Trinajstić information content (AvgIpc) is 2.79. The van der Waals surface area contributed by atoms with Gasteiger partial charge in [-0.3, -0.25) is 14.4 Å². The number of amides is 3. The second-order valence-electron chi connectivity index (χ2n) is 11.1. The van der Waals surface area contributed by atoms with Gasteiger partial charge in [-0.15, -0.1) is 0 Å². The number of rotatable bonds is 10. The Balaban J connectivity index is 1.41. The lowest BCUT2D eigenvalue weighted by Gasteiger charge is -2.51. The summed E-state index contributed by atoms with van der Waals surface area (Å²) >= 11 is 6.04. The summed E-state index contributed by atoms with van der Waals surface area (Å²) in [6.45, 7) is 1.73. The van der Waals surface area contributed by atoms with Crippen molar-refractivity contribution in [2.75, 3.05) is 33.7 Å². The van der Waals surface area contributed by atoms with Crippen molar-refractivity contribution in [1.82, 2.24) is 20.0 Å². The summed E-state index contributed by atoms with van der Waals surface area (Å²) in [5.74, 6) is 0.279. The monoisotopic (exact) mass is 516 g/mol. The predicted octanol–water partition coefficient (Wildman–Crippen LogP) is 3.49. The molecule has 1 heterocycles. The Labute approximate surface area is 220 Å². The van der Waals surface area contributed by atoms with Crippen LogP contribution in [0.4, 0.5) is 0 Å². The van der Waals surface area contributed by atoms with Gasteiger partial charge in [-0.25, -0.2) is 0 Å². The van der Waals surface area contributed by atoms with Crippen LogP contribution in [-0.2, 0) is 20.8 Å². The predicted molar refractivity (Wildman–Crippen MR) is 142 cm³/mol. The number of carbonyl (C=O) groups excluding carboxylic acids is 3. The number of likely N-dealkylation sites (tertiary alicyclic amines) is 1. The van der Waals surface area contributed by atoms with E-state index in [9.17, 15) is 14.4 Å². The van der Waals surface area contributed by atoms with Crippen molar-refractivity contribution in [2.45, 2.75) is 82.3 Å². The molecule has 1 unspecified atom stereocenters. The van der Waals surface area contributed by atoms with Crippen molar-refractivity contribution in [1.29, 1.82) is 0 Å². The Bertz CT molecular complexity index is 906. The third kappa shape index (κ3) is 6.80. The quantitative estimate of drug-likeness (QED) is 0.516. The molecule has 7 nitrogen and oxygen atoms in total. The third-order valence-corrected chi connectivity index (χ3v) is 8.27. The minimum atomic E-state index is -0.632. The summed E-state index contributed by atoms with van der Waals surface area (Å²) in [4.78, 5) is 45.5. The zero-order chi connectivity index (χ0) is 25.7. The largest absolute Gasteiger partial charge is 0.344 e. The fourth-order valence-corrected chi connectivity index (χ4v) is 5.69. The smallest absolute Gasteiger partial charge is 0.245 e. The van der Waals surface area contributed by atoms with E-state index in [-0.39, 0.29) is 23.8 Å². The van der Waals surface area contributed by atoms with E-state index in [1.54, 1.807) is 12.1 Å². The van der Waals surface area contributed by atoms with Gasteiger partial charge in [0.25, 0.3) is 0 Å². The van der Waals surface area contributed by atoms with Crippen molar-refractivity contribution < 1.29 is 14.4 Å². The van der Waals surface area contributed by atoms with Crippen molar-refractivity contribution in [3.63, 3.8) is 0 Å². The number of hydrogen-bond donors (Lipinski definition) is 1. The maximum absolute atomic E-state index is 13.6. The van der Waals surface area contributed by atoms with Crippen molar-refractivity contribution in [3.05, 3.63) is 34.9 Å². The Kier molecular flexibility index (Phi) is 9.29. The van der Waals surface area contributed by atoms with Gasteiger partial charge in [-0.05, 0) is 57.5 Å². The van der Waals surface area contributed by atoms with Gasteiger partial charge in [0.1, 0.15) is 6.04 Å². The first-order chi connectivity index (χ1) is 17.3. The van der Waals surface area contributed by atoms with Crippen LogP contribution in [0.25, 0.3) is 0 Å². The van der Waals surface area contributed by atoms with Crippen LogP contribution in [0.2, 0.25) is 5.02 Å². The molecular weight excluding hydrogens is 476 g/mol. The van der Waals surface area contributed by atoms with Gasteiger partial charge < -0.3 is 20.0 Å². The number of nitrogens with one attached hydrogen (secondary N) is 1. The number of nitrogens with zero attached hydrogens (tertiary/aromatic N) is 3. The highest BCUT2D eigenvalue weighted by atomic mass is 35.5. The Morgan fingerprint density at radius 1 is 0.972 bits per heavy atom. The van der Waals surface area contributed by atoms with Gasteiger partial charge in [0.2, 0.25) is 17.7 Å². The van der Waals surface area contributed by atoms with E-state index < -0.39 is 6.04 Å². The minimum Gasteiger partial charge on any atom is -0.344 e. The number of hydrogen-bond acceptors (Lipinski definition) is 4. The maximum atomic E-state index is 13.6. The second-order valence-corrected chi connectivity index (χ2v) is 11.5. The number of halogens is 1. The van der Waals surface area contributed by atoms with Crippen LogP contribution < -0.4 is 5.32 Å². The Morgan fingerprint density at radius 2 is 1.64 bits per heavy atom. The van der Waals surface area contributed by atoms with E-state index >= 15 is 0 Å². The van der Waals surface area contributed by atoms with E-state index in [0.29, 0.717) is 49.4 Å². The zero-order valence-electron chi connectivity index (χ0n) is 21.8. The normalized spacial score (nSPS) is 19.9. The first-order valence-electron chi connectivity index (χ1n) is 13.6. The van der Waals surface area contributed by atoms with Crippen LogP contribution in [0.3, 0.4) is 0 Å². The lowest BCUT2D eigenvalue weighted by atomic mass is 9.82. The van der Waals surface area contributed by atoms with Gasteiger partial charge >= 0.3 is 0 Å². The fraction of sp³-hybridized carbons (Fsp3) is 0.679. The molecule has 2 aliphatic carbocycles. The molecule has 1 N–H and O–H groups in total. The van der Waals surface area contributed by atoms with Gasteiger partial charge in [0, 0.05) is 49.5 Å². The van der Waals surface area contributed by atoms with Gasteiger partial charge in [-0.1, -0.05) is 49.4 Å². The SMILES string of the molecule is CN(C)CCC(=O)NC(Cc1ccc(Cl)cc1)C(=O)N1CC(N(C(=O)C2CCC2)C2CCCCC2)C1. The molecule has 1 saturated heterocycles. The van der Waals surface area contributed by atoms with Crippen LogP contribution in [-0.4, -0.2) is 84.3 Å². The molecule has 2 saturated carbocycles. The molecule has 4 rings (SSSR count). The van der Waals surface area contributed by atoms with E-state index in [4.69, 9.17) is 11.6 Å². The Hall–Kier alpha value is -2.12. The van der Waals surface area contributed by atoms with E-state index in [1.165, 1.54) is 19.3 Å². The second kappa shape index (κ2) is 12.4. The molecule has 1 aromatic carbocycles. The highest BCUT2D eigenvalue weighted by molar-refractivity contribution is 6.30. The summed E-state index contributed by atoms with van der Waals surface area (Å²) in [5.41, 5.74) is 0.951. The topological polar surface area (TPSA) is 73.0 Å². The van der Waals surface area contributed by atoms with Crippen LogP contribution in [0.5, 0.6) is 0 Å². The molecular formula is C28H41ClN4O3. The molecule has 3 amide bonds. The van der Waals surface area contributed by atoms with Crippen LogP contribution in [0, 0.1) is 5.92 Å². The lowest BCUT2D eigenvalue weighted by molar-refractivity contribution is -0.156. The summed E-state index contributed by atoms with van der Waals surface area (Å²) in [7, 11) is 3.85. The molecule has 198 valence electrons. The third-order valence-electron chi connectivity index (χ3n) is 8.02. The van der Waals surface area contributed by atoms with Crippen LogP contribution in [0.15, 0.2) is 24.3 Å². The van der Waals surface area contributed by atoms with Crippen LogP contribution in [0.1, 0.15) is 63.4 Å². The lowest BCUT2D eigenvalue weighted by Crippen LogP contribution is -2.67. The fourth-order valence-electron chi connectivity index (χ4n) is 5.56. The van der Waals surface area contributed by atoms with Gasteiger partial charge in [0.05, 0.1) is 6.04 Å². The average molecular weight is 517 g/mol. The first kappa shape index (κ1) is 26.9. The first-order valence-corrected chi connectivity index (χ1v) is 14.0. The molecule has 1 aromatic rings. The van der Waals surface area contributed by atoms with E-state index in [0.717, 1.165) is 37.7 Å². The highest BCUT2D eigenvalue weighted by Gasteiger charge is 2.44. The van der Waals surface area contributed by atoms with Crippen molar-refractivity contribution >= 4 is 29.3 Å². The van der Waals surface area contributed by atoms with E-state index in [2.05, 4.69) is 10.2 Å². The van der Waals surface area contributed by atoms with Gasteiger partial charge in [0.15, 0.2) is 0 Å². The molecule has 0 spiro atoms. The molecule has 1 atom stereocenters. The van der Waals surface area contributed by atoms with E-state index in [1.807, 2.05) is 36.0 Å². The molecule has 0 radical (unpaired) electrons. The standard InChI is InChI=1S/C28H41ClN4O3/c1-31(2)16-15-26(34)30-25(17-20-11-13-22(29)14-12-20)28(36)32-18-24(19-32)33(23-9-4-3-5-10-23)27(35)21-7-6-8-21/h11-14,21,23-25H,3-10,15-19H2,1-2H3,(H,30,34). The molecule has 3 fully saturated rings. The van der Waals surface area contributed by atoms with Crippen molar-refractivity contribution in [3.8, 4) is 0 Å². The summed E-state index contributed by atoms with van der Waals surface area (Å²) < 4.78 is 0. The Morgan fingerprint density at radius 3 is 2.22 bits per heavy atom. The summed E-state index contributed by atoms with van der Waals surface area (Å²) in [6, 6.07) is 7.17. The molecule has 1 aliphatic heterocycles. The minimum absolute atomic E-state index is 0.0703. The molecule has 3 aliphatic rings. The maximum Gasteiger partial charge on any atom is 0.245 e. The molecule has 8 heteroatoms. The van der Waals surface area contributed by atoms with Gasteiger partial charge in [-0.2, -0.15) is 0 Å².